The van der Waals surface area contributed by atoms with Crippen molar-refractivity contribution in [3.05, 3.63) is 40.3 Å². The molecule has 0 radical (unpaired) electrons. The number of ether oxygens (including phenoxy) is 1. The summed E-state index contributed by atoms with van der Waals surface area (Å²) in [5, 5.41) is 4.67. The number of rotatable bonds is 7. The van der Waals surface area contributed by atoms with E-state index in [0.717, 1.165) is 17.7 Å². The summed E-state index contributed by atoms with van der Waals surface area (Å²) < 4.78 is 10.6. The van der Waals surface area contributed by atoms with E-state index in [-0.39, 0.29) is 0 Å². The Balaban J connectivity index is 2.18. The SMILES string of the molecule is COc1ccc(-c2ccoc2C=NOCCN(C)C)c(Cl)c1Cl. The normalized spacial score (nSPS) is 11.4. The van der Waals surface area contributed by atoms with Gasteiger partial charge in [-0.2, -0.15) is 0 Å². The highest BCUT2D eigenvalue weighted by Crippen LogP contribution is 2.40. The summed E-state index contributed by atoms with van der Waals surface area (Å²) in [4.78, 5) is 7.19. The van der Waals surface area contributed by atoms with Gasteiger partial charge in [0.05, 0.1) is 18.4 Å². The molecular formula is C16H18Cl2N2O3. The highest BCUT2D eigenvalue weighted by atomic mass is 35.5. The number of likely N-dealkylation sites (N-methyl/N-ethyl adjacent to an activating group) is 1. The molecule has 2 aromatic rings. The Morgan fingerprint density at radius 1 is 1.17 bits per heavy atom. The molecule has 0 bridgehead atoms. The van der Waals surface area contributed by atoms with Crippen molar-refractivity contribution in [2.75, 3.05) is 34.4 Å². The summed E-state index contributed by atoms with van der Waals surface area (Å²) >= 11 is 12.5. The monoisotopic (exact) mass is 356 g/mol. The fourth-order valence-electron chi connectivity index (χ4n) is 1.90. The van der Waals surface area contributed by atoms with Crippen LogP contribution in [0.15, 0.2) is 34.0 Å². The van der Waals surface area contributed by atoms with Crippen LogP contribution < -0.4 is 4.74 Å². The van der Waals surface area contributed by atoms with Gasteiger partial charge in [-0.05, 0) is 32.3 Å². The Hall–Kier alpha value is -1.69. The van der Waals surface area contributed by atoms with Crippen LogP contribution in [0, 0.1) is 0 Å². The van der Waals surface area contributed by atoms with E-state index in [4.69, 9.17) is 37.2 Å². The first kappa shape index (κ1) is 17.7. The van der Waals surface area contributed by atoms with Gasteiger partial charge in [-0.1, -0.05) is 28.4 Å². The third-order valence-electron chi connectivity index (χ3n) is 3.13. The van der Waals surface area contributed by atoms with E-state index in [1.54, 1.807) is 18.4 Å². The van der Waals surface area contributed by atoms with Crippen LogP contribution >= 0.6 is 23.2 Å². The molecule has 0 unspecified atom stereocenters. The molecule has 0 aliphatic carbocycles. The fraction of sp³-hybridized carbons (Fsp3) is 0.312. The molecule has 2 rings (SSSR count). The summed E-state index contributed by atoms with van der Waals surface area (Å²) in [6.07, 6.45) is 3.07. The van der Waals surface area contributed by atoms with Crippen molar-refractivity contribution < 1.29 is 14.0 Å². The minimum Gasteiger partial charge on any atom is -0.495 e. The maximum absolute atomic E-state index is 6.32. The van der Waals surface area contributed by atoms with Gasteiger partial charge >= 0.3 is 0 Å². The Kier molecular flexibility index (Phi) is 6.33. The van der Waals surface area contributed by atoms with Crippen molar-refractivity contribution >= 4 is 29.4 Å². The predicted molar refractivity (Wildman–Crippen MR) is 92.8 cm³/mol. The summed E-state index contributed by atoms with van der Waals surface area (Å²) in [5.41, 5.74) is 1.51. The smallest absolute Gasteiger partial charge is 0.156 e. The Labute approximate surface area is 145 Å². The molecule has 0 aliphatic rings. The molecule has 0 amide bonds. The van der Waals surface area contributed by atoms with Gasteiger partial charge in [0.15, 0.2) is 5.76 Å². The molecule has 1 aromatic carbocycles. The zero-order chi connectivity index (χ0) is 16.8. The van der Waals surface area contributed by atoms with Crippen molar-refractivity contribution in [1.82, 2.24) is 4.90 Å². The van der Waals surface area contributed by atoms with E-state index in [0.29, 0.717) is 28.2 Å². The first-order valence-electron chi connectivity index (χ1n) is 6.94. The molecule has 7 heteroatoms. The Morgan fingerprint density at radius 3 is 2.65 bits per heavy atom. The number of methoxy groups -OCH3 is 1. The van der Waals surface area contributed by atoms with Crippen LogP contribution in [0.25, 0.3) is 11.1 Å². The van der Waals surface area contributed by atoms with Crippen LogP contribution in [0.5, 0.6) is 5.75 Å². The number of hydrogen-bond donors (Lipinski definition) is 0. The lowest BCUT2D eigenvalue weighted by Gasteiger charge is -2.09. The summed E-state index contributed by atoms with van der Waals surface area (Å²) in [5.74, 6) is 1.06. The van der Waals surface area contributed by atoms with Gasteiger partial charge < -0.3 is 18.9 Å². The minimum absolute atomic E-state index is 0.359. The molecule has 0 saturated heterocycles. The lowest BCUT2D eigenvalue weighted by atomic mass is 10.1. The molecule has 0 atom stereocenters. The fourth-order valence-corrected chi connectivity index (χ4v) is 2.40. The third-order valence-corrected chi connectivity index (χ3v) is 3.99. The molecule has 0 fully saturated rings. The lowest BCUT2D eigenvalue weighted by molar-refractivity contribution is 0.127. The van der Waals surface area contributed by atoms with Crippen molar-refractivity contribution in [3.63, 3.8) is 0 Å². The van der Waals surface area contributed by atoms with Crippen molar-refractivity contribution in [2.45, 2.75) is 0 Å². The molecule has 0 saturated carbocycles. The van der Waals surface area contributed by atoms with E-state index >= 15 is 0 Å². The van der Waals surface area contributed by atoms with Gasteiger partial charge in [0.25, 0.3) is 0 Å². The predicted octanol–water partition coefficient (Wildman–Crippen LogP) is 4.17. The molecule has 23 heavy (non-hydrogen) atoms. The summed E-state index contributed by atoms with van der Waals surface area (Å²) in [6.45, 7) is 1.27. The number of oxime groups is 1. The molecule has 0 spiro atoms. The average Bonchev–Trinajstić information content (AvgIpc) is 2.97. The summed E-state index contributed by atoms with van der Waals surface area (Å²) in [7, 11) is 5.47. The van der Waals surface area contributed by atoms with E-state index in [2.05, 4.69) is 5.16 Å². The van der Waals surface area contributed by atoms with E-state index in [9.17, 15) is 0 Å². The number of halogens is 2. The zero-order valence-electron chi connectivity index (χ0n) is 13.2. The lowest BCUT2D eigenvalue weighted by Crippen LogP contribution is -2.16. The second-order valence-electron chi connectivity index (χ2n) is 5.01. The third kappa shape index (κ3) is 4.41. The topological polar surface area (TPSA) is 47.2 Å². The van der Waals surface area contributed by atoms with Gasteiger partial charge in [-0.3, -0.25) is 0 Å². The minimum atomic E-state index is 0.359. The van der Waals surface area contributed by atoms with Crippen LogP contribution in [-0.2, 0) is 4.84 Å². The molecule has 0 aliphatic heterocycles. The van der Waals surface area contributed by atoms with Gasteiger partial charge in [0.1, 0.15) is 23.6 Å². The Morgan fingerprint density at radius 2 is 1.96 bits per heavy atom. The molecular weight excluding hydrogens is 339 g/mol. The van der Waals surface area contributed by atoms with E-state index < -0.39 is 0 Å². The molecule has 1 heterocycles. The molecule has 0 N–H and O–H groups in total. The Bertz CT molecular complexity index is 684. The van der Waals surface area contributed by atoms with E-state index in [1.165, 1.54) is 13.3 Å². The molecule has 1 aromatic heterocycles. The van der Waals surface area contributed by atoms with Gasteiger partial charge in [0, 0.05) is 17.7 Å². The first-order chi connectivity index (χ1) is 11.0. The molecule has 124 valence electrons. The zero-order valence-corrected chi connectivity index (χ0v) is 14.7. The van der Waals surface area contributed by atoms with Crippen LogP contribution in [0.1, 0.15) is 5.76 Å². The average molecular weight is 357 g/mol. The second kappa shape index (κ2) is 8.24. The largest absolute Gasteiger partial charge is 0.495 e. The maximum atomic E-state index is 6.32. The van der Waals surface area contributed by atoms with Crippen LogP contribution in [0.4, 0.5) is 0 Å². The number of benzene rings is 1. The number of furan rings is 1. The first-order valence-corrected chi connectivity index (χ1v) is 7.70. The highest BCUT2D eigenvalue weighted by Gasteiger charge is 2.15. The van der Waals surface area contributed by atoms with Crippen molar-refractivity contribution in [2.24, 2.45) is 5.16 Å². The quantitative estimate of drug-likeness (QED) is 0.424. The van der Waals surface area contributed by atoms with Gasteiger partial charge in [0.2, 0.25) is 0 Å². The van der Waals surface area contributed by atoms with Gasteiger partial charge in [-0.15, -0.1) is 0 Å². The van der Waals surface area contributed by atoms with Gasteiger partial charge in [-0.25, -0.2) is 0 Å². The summed E-state index contributed by atoms with van der Waals surface area (Å²) in [6, 6.07) is 5.37. The second-order valence-corrected chi connectivity index (χ2v) is 5.77. The van der Waals surface area contributed by atoms with Crippen LogP contribution in [0.2, 0.25) is 10.0 Å². The highest BCUT2D eigenvalue weighted by molar-refractivity contribution is 6.44. The number of nitrogens with zero attached hydrogens (tertiary/aromatic N) is 2. The van der Waals surface area contributed by atoms with Crippen molar-refractivity contribution in [1.29, 1.82) is 0 Å². The van der Waals surface area contributed by atoms with E-state index in [1.807, 2.05) is 25.1 Å². The maximum Gasteiger partial charge on any atom is 0.156 e. The van der Waals surface area contributed by atoms with Crippen LogP contribution in [0.3, 0.4) is 0 Å². The van der Waals surface area contributed by atoms with Crippen LogP contribution in [-0.4, -0.2) is 45.5 Å². The van der Waals surface area contributed by atoms with Crippen molar-refractivity contribution in [3.8, 4) is 16.9 Å². The number of hydrogen-bond acceptors (Lipinski definition) is 5. The molecule has 5 nitrogen and oxygen atoms in total. The standard InChI is InChI=1S/C16H18Cl2N2O3/c1-20(2)7-9-23-19-10-14-11(6-8-22-14)12-4-5-13(21-3)16(18)15(12)17/h4-6,8,10H,7,9H2,1-3H3.